The minimum atomic E-state index is 0.661. The number of fused-ring (bicyclic) bond motifs is 8. The number of allylic oxidation sites excluding steroid dienone is 1. The summed E-state index contributed by atoms with van der Waals surface area (Å²) in [6.07, 6.45) is 0.661. The summed E-state index contributed by atoms with van der Waals surface area (Å²) in [6.45, 7) is 2.20. The third kappa shape index (κ3) is 5.79. The van der Waals surface area contributed by atoms with Crippen LogP contribution in [0.25, 0.3) is 91.6 Å². The molecule has 2 aromatic heterocycles. The molecule has 0 radical (unpaired) electrons. The lowest BCUT2D eigenvalue weighted by molar-refractivity contribution is 0.670. The Morgan fingerprint density at radius 2 is 1.10 bits per heavy atom. The van der Waals surface area contributed by atoms with Crippen LogP contribution in [-0.4, -0.2) is 11.5 Å². The second-order valence-electron chi connectivity index (χ2n) is 15.8. The number of nitrogens with zero attached hydrogens (tertiary/aromatic N) is 2. The van der Waals surface area contributed by atoms with Crippen molar-refractivity contribution in [1.82, 2.24) is 0 Å². The summed E-state index contributed by atoms with van der Waals surface area (Å²) >= 11 is 1.84. The number of thiophene rings is 1. The summed E-state index contributed by atoms with van der Waals surface area (Å²) in [5.41, 5.74) is 12.5. The van der Waals surface area contributed by atoms with Crippen molar-refractivity contribution in [3.05, 3.63) is 210 Å². The van der Waals surface area contributed by atoms with E-state index >= 15 is 0 Å². The van der Waals surface area contributed by atoms with E-state index in [1.807, 2.05) is 11.3 Å². The molecule has 11 aromatic rings. The topological polar surface area (TPSA) is 37.9 Å². The highest BCUT2D eigenvalue weighted by atomic mass is 32.1. The number of hydrogen-bond donors (Lipinski definition) is 0. The highest BCUT2D eigenvalue weighted by Gasteiger charge is 2.23. The fourth-order valence-corrected chi connectivity index (χ4v) is 10.1. The molecular weight excluding hydrogens is 749 g/mol. The molecule has 282 valence electrons. The van der Waals surface area contributed by atoms with Crippen molar-refractivity contribution < 1.29 is 4.42 Å². The molecule has 0 N–H and O–H groups in total. The summed E-state index contributed by atoms with van der Waals surface area (Å²) in [6, 6.07) is 67.4. The third-order valence-electron chi connectivity index (χ3n) is 12.1. The Balaban J connectivity index is 1.03. The predicted octanol–water partition coefficient (Wildman–Crippen LogP) is 15.7. The largest absolute Gasteiger partial charge is 0.455 e. The highest BCUT2D eigenvalue weighted by molar-refractivity contribution is 7.25. The Morgan fingerprint density at radius 1 is 0.450 bits per heavy atom. The molecule has 1 aliphatic rings. The van der Waals surface area contributed by atoms with Crippen molar-refractivity contribution in [1.29, 1.82) is 0 Å². The summed E-state index contributed by atoms with van der Waals surface area (Å²) in [4.78, 5) is 11.1. The molecule has 3 heterocycles. The quantitative estimate of drug-likeness (QED) is 0.171. The Labute approximate surface area is 350 Å². The number of amidine groups is 1. The van der Waals surface area contributed by atoms with E-state index in [1.54, 1.807) is 0 Å². The lowest BCUT2D eigenvalue weighted by Gasteiger charge is -2.10. The Hall–Kier alpha value is -7.40. The maximum absolute atomic E-state index is 6.85. The van der Waals surface area contributed by atoms with Crippen molar-refractivity contribution >= 4 is 92.2 Å². The first-order valence-electron chi connectivity index (χ1n) is 20.4. The average Bonchev–Trinajstić information content (AvgIpc) is 3.82. The number of furan rings is 1. The van der Waals surface area contributed by atoms with Crippen LogP contribution < -0.4 is 0 Å². The molecule has 0 spiro atoms. The minimum Gasteiger partial charge on any atom is -0.455 e. The summed E-state index contributed by atoms with van der Waals surface area (Å²) in [5, 5.41) is 9.39. The Morgan fingerprint density at radius 3 is 2.00 bits per heavy atom. The number of para-hydroxylation sites is 1. The van der Waals surface area contributed by atoms with Crippen molar-refractivity contribution in [3.8, 4) is 22.3 Å². The zero-order chi connectivity index (χ0) is 39.7. The fraction of sp³-hybridized carbons (Fsp3) is 0.0357. The van der Waals surface area contributed by atoms with Crippen LogP contribution in [0.3, 0.4) is 0 Å². The van der Waals surface area contributed by atoms with Crippen LogP contribution in [-0.2, 0) is 0 Å². The maximum Gasteiger partial charge on any atom is 0.160 e. The summed E-state index contributed by atoms with van der Waals surface area (Å²) < 4.78 is 9.44. The fourth-order valence-electron chi connectivity index (χ4n) is 9.05. The van der Waals surface area contributed by atoms with Gasteiger partial charge in [0.05, 0.1) is 11.4 Å². The van der Waals surface area contributed by atoms with Gasteiger partial charge < -0.3 is 4.42 Å². The van der Waals surface area contributed by atoms with Crippen LogP contribution in [0, 0.1) is 0 Å². The van der Waals surface area contributed by atoms with Gasteiger partial charge in [-0.05, 0) is 98.8 Å². The zero-order valence-corrected chi connectivity index (χ0v) is 33.6. The van der Waals surface area contributed by atoms with Gasteiger partial charge in [-0.15, -0.1) is 11.3 Å². The molecule has 3 nitrogen and oxygen atoms in total. The van der Waals surface area contributed by atoms with Gasteiger partial charge >= 0.3 is 0 Å². The van der Waals surface area contributed by atoms with E-state index in [2.05, 4.69) is 195 Å². The normalized spacial score (nSPS) is 13.5. The first-order valence-corrected chi connectivity index (χ1v) is 21.2. The second-order valence-corrected chi connectivity index (χ2v) is 16.9. The van der Waals surface area contributed by atoms with Crippen molar-refractivity contribution in [2.45, 2.75) is 13.3 Å². The van der Waals surface area contributed by atoms with Crippen molar-refractivity contribution in [3.63, 3.8) is 0 Å². The first-order chi connectivity index (χ1) is 29.6. The molecule has 0 aliphatic carbocycles. The van der Waals surface area contributed by atoms with Crippen molar-refractivity contribution in [2.75, 3.05) is 0 Å². The zero-order valence-electron chi connectivity index (χ0n) is 32.8. The van der Waals surface area contributed by atoms with Gasteiger partial charge in [0, 0.05) is 54.1 Å². The third-order valence-corrected chi connectivity index (χ3v) is 13.2. The monoisotopic (exact) mass is 784 g/mol. The van der Waals surface area contributed by atoms with E-state index < -0.39 is 0 Å². The summed E-state index contributed by atoms with van der Waals surface area (Å²) in [7, 11) is 0. The van der Waals surface area contributed by atoms with E-state index in [-0.39, 0.29) is 0 Å². The molecule has 0 fully saturated rings. The highest BCUT2D eigenvalue weighted by Crippen LogP contribution is 2.42. The van der Waals surface area contributed by atoms with E-state index in [0.717, 1.165) is 61.2 Å². The van der Waals surface area contributed by atoms with Crippen LogP contribution in [0.5, 0.6) is 0 Å². The Kier molecular flexibility index (Phi) is 8.00. The molecule has 9 aromatic carbocycles. The number of hydrogen-bond acceptors (Lipinski definition) is 4. The predicted molar refractivity (Wildman–Crippen MR) is 256 cm³/mol. The lowest BCUT2D eigenvalue weighted by Crippen LogP contribution is -2.06. The molecule has 60 heavy (non-hydrogen) atoms. The van der Waals surface area contributed by atoms with E-state index in [1.165, 1.54) is 58.4 Å². The Bertz CT molecular complexity index is 3640. The molecule has 1 aliphatic heterocycles. The number of aliphatic imine (C=N–C) groups is 2. The molecule has 0 unspecified atom stereocenters. The molecule has 0 saturated heterocycles. The van der Waals surface area contributed by atoms with E-state index in [9.17, 15) is 0 Å². The molecule has 4 heteroatoms. The van der Waals surface area contributed by atoms with Gasteiger partial charge in [-0.25, -0.2) is 9.98 Å². The van der Waals surface area contributed by atoms with Crippen LogP contribution in [0.4, 0.5) is 0 Å². The van der Waals surface area contributed by atoms with Crippen LogP contribution in [0.15, 0.2) is 208 Å². The minimum absolute atomic E-state index is 0.661. The molecular formula is C56H36N2OS. The van der Waals surface area contributed by atoms with E-state index in [0.29, 0.717) is 12.3 Å². The van der Waals surface area contributed by atoms with Gasteiger partial charge in [0.2, 0.25) is 0 Å². The first kappa shape index (κ1) is 34.6. The maximum atomic E-state index is 6.85. The van der Waals surface area contributed by atoms with Gasteiger partial charge in [0.15, 0.2) is 5.84 Å². The molecule has 0 saturated carbocycles. The summed E-state index contributed by atoms with van der Waals surface area (Å²) in [5.74, 6) is 0.675. The van der Waals surface area contributed by atoms with Crippen molar-refractivity contribution in [2.24, 2.45) is 9.98 Å². The van der Waals surface area contributed by atoms with Gasteiger partial charge in [-0.2, -0.15) is 0 Å². The SMILES string of the molecule is CC1=C(c2ccc3ccccc3c2)N=C(c2cccc3oc4c(-c5ccc6sc7ccccc7c6c5)cccc4c23)N=C(c2ccc3cc(-c4ccccc4)ccc3c2)C1. The van der Waals surface area contributed by atoms with E-state index in [4.69, 9.17) is 14.4 Å². The van der Waals surface area contributed by atoms with Gasteiger partial charge in [0.25, 0.3) is 0 Å². The van der Waals surface area contributed by atoms with Crippen LogP contribution in [0.1, 0.15) is 30.0 Å². The lowest BCUT2D eigenvalue weighted by atomic mass is 9.95. The molecule has 0 atom stereocenters. The molecule has 12 rings (SSSR count). The number of rotatable bonds is 5. The molecule has 0 bridgehead atoms. The second kappa shape index (κ2) is 13.9. The molecule has 0 amide bonds. The van der Waals surface area contributed by atoms with Crippen LogP contribution in [0.2, 0.25) is 0 Å². The van der Waals surface area contributed by atoms with Gasteiger partial charge in [-0.3, -0.25) is 0 Å². The average molecular weight is 785 g/mol. The number of benzene rings is 9. The van der Waals surface area contributed by atoms with Crippen LogP contribution >= 0.6 is 11.3 Å². The van der Waals surface area contributed by atoms with Gasteiger partial charge in [-0.1, -0.05) is 146 Å². The smallest absolute Gasteiger partial charge is 0.160 e. The standard InChI is InChI=1S/C56H36N2OS/c1-34-29-49(42-25-24-39-30-38(22-23-40(39)31-42)35-11-3-2-4-12-35)57-56(58-54(34)43-26-21-36-13-5-6-14-37(36)32-43)47-18-10-19-50-53(47)46-17-9-16-44(55(46)59-50)41-27-28-52-48(33-41)45-15-7-8-20-51(45)60-52/h2-28,30-33H,29H2,1H3. The van der Waals surface area contributed by atoms with Gasteiger partial charge in [0.1, 0.15) is 11.2 Å².